The minimum Gasteiger partial charge on any atom is -0.369 e. The lowest BCUT2D eigenvalue weighted by Crippen LogP contribution is -2.47. The summed E-state index contributed by atoms with van der Waals surface area (Å²) in [6, 6.07) is 9.00. The van der Waals surface area contributed by atoms with Gasteiger partial charge in [0.2, 0.25) is 0 Å². The second kappa shape index (κ2) is 8.04. The van der Waals surface area contributed by atoms with Crippen molar-refractivity contribution in [2.24, 2.45) is 0 Å². The van der Waals surface area contributed by atoms with Gasteiger partial charge in [-0.05, 0) is 67.1 Å². The van der Waals surface area contributed by atoms with Gasteiger partial charge in [-0.25, -0.2) is 9.37 Å². The highest BCUT2D eigenvalue weighted by molar-refractivity contribution is 5.49. The molecule has 1 aromatic carbocycles. The molecule has 1 aliphatic carbocycles. The van der Waals surface area contributed by atoms with Crippen LogP contribution in [0.2, 0.25) is 0 Å². The first-order valence-corrected chi connectivity index (χ1v) is 9.73. The van der Waals surface area contributed by atoms with Crippen LogP contribution in [-0.4, -0.2) is 49.2 Å². The molecule has 1 aromatic heterocycles. The molecule has 0 saturated carbocycles. The van der Waals surface area contributed by atoms with E-state index in [0.717, 1.165) is 57.2 Å². The number of hydrogen-bond acceptors (Lipinski definition) is 4. The number of benzene rings is 1. The maximum atomic E-state index is 13.1. The number of hydrogen-bond donors (Lipinski definition) is 1. The molecule has 0 radical (unpaired) electrons. The lowest BCUT2D eigenvalue weighted by Gasteiger charge is -2.36. The van der Waals surface area contributed by atoms with Crippen molar-refractivity contribution in [3.63, 3.8) is 0 Å². The van der Waals surface area contributed by atoms with E-state index in [1.165, 1.54) is 30.4 Å². The van der Waals surface area contributed by atoms with Gasteiger partial charge in [0, 0.05) is 51.2 Å². The zero-order valence-electron chi connectivity index (χ0n) is 15.3. The Morgan fingerprint density at radius 1 is 0.962 bits per heavy atom. The Kier molecular flexibility index (Phi) is 5.34. The van der Waals surface area contributed by atoms with Gasteiger partial charge in [-0.2, -0.15) is 0 Å². The van der Waals surface area contributed by atoms with Crippen LogP contribution in [0.15, 0.2) is 36.5 Å². The van der Waals surface area contributed by atoms with Gasteiger partial charge in [-0.15, -0.1) is 0 Å². The topological polar surface area (TPSA) is 31.4 Å². The van der Waals surface area contributed by atoms with E-state index in [1.54, 1.807) is 12.1 Å². The van der Waals surface area contributed by atoms with Gasteiger partial charge in [0.15, 0.2) is 0 Å². The molecule has 0 amide bonds. The fraction of sp³-hybridized carbons (Fsp3) is 0.476. The first kappa shape index (κ1) is 17.3. The number of rotatable bonds is 5. The quantitative estimate of drug-likeness (QED) is 0.892. The third-order valence-electron chi connectivity index (χ3n) is 5.56. The Morgan fingerprint density at radius 3 is 2.54 bits per heavy atom. The zero-order chi connectivity index (χ0) is 17.8. The first-order valence-electron chi connectivity index (χ1n) is 9.73. The van der Waals surface area contributed by atoms with Crippen LogP contribution in [0.1, 0.15) is 24.0 Å². The van der Waals surface area contributed by atoms with E-state index in [0.29, 0.717) is 0 Å². The van der Waals surface area contributed by atoms with E-state index in [1.807, 2.05) is 18.3 Å². The van der Waals surface area contributed by atoms with Gasteiger partial charge < -0.3 is 10.2 Å². The molecule has 0 atom stereocenters. The van der Waals surface area contributed by atoms with Gasteiger partial charge in [0.25, 0.3) is 0 Å². The number of nitrogens with zero attached hydrogens (tertiary/aromatic N) is 3. The van der Waals surface area contributed by atoms with Crippen molar-refractivity contribution in [3.05, 3.63) is 53.5 Å². The summed E-state index contributed by atoms with van der Waals surface area (Å²) in [4.78, 5) is 9.39. The smallest absolute Gasteiger partial charge is 0.129 e. The Hall–Kier alpha value is -2.14. The standard InChI is InChI=1S/C21H27FN4/c22-18-5-7-19(8-6-18)26-15-13-25(14-16-26)12-11-24-21-20-4-2-1-3-17(20)9-10-23-21/h5-10H,1-4,11-16H2,(H,23,24). The maximum absolute atomic E-state index is 13.1. The van der Waals surface area contributed by atoms with E-state index in [-0.39, 0.29) is 5.82 Å². The second-order valence-electron chi connectivity index (χ2n) is 7.24. The van der Waals surface area contributed by atoms with Gasteiger partial charge >= 0.3 is 0 Å². The number of halogens is 1. The summed E-state index contributed by atoms with van der Waals surface area (Å²) in [5.41, 5.74) is 4.02. The maximum Gasteiger partial charge on any atom is 0.129 e. The number of aryl methyl sites for hydroxylation is 1. The van der Waals surface area contributed by atoms with Crippen molar-refractivity contribution in [2.75, 3.05) is 49.5 Å². The number of piperazine rings is 1. The molecule has 2 aromatic rings. The molecule has 138 valence electrons. The summed E-state index contributed by atoms with van der Waals surface area (Å²) in [6.07, 6.45) is 6.86. The fourth-order valence-corrected chi connectivity index (χ4v) is 4.03. The van der Waals surface area contributed by atoms with Crippen molar-refractivity contribution in [1.29, 1.82) is 0 Å². The number of anilines is 2. The third-order valence-corrected chi connectivity index (χ3v) is 5.56. The average molecular weight is 354 g/mol. The molecule has 0 spiro atoms. The van der Waals surface area contributed by atoms with Gasteiger partial charge in [-0.3, -0.25) is 4.90 Å². The Balaban J connectivity index is 1.25. The van der Waals surface area contributed by atoms with Crippen LogP contribution < -0.4 is 10.2 Å². The predicted molar refractivity (Wildman–Crippen MR) is 104 cm³/mol. The normalized spacial score (nSPS) is 17.8. The van der Waals surface area contributed by atoms with E-state index in [2.05, 4.69) is 26.2 Å². The molecule has 1 fully saturated rings. The highest BCUT2D eigenvalue weighted by Crippen LogP contribution is 2.25. The predicted octanol–water partition coefficient (Wildman–Crippen LogP) is 3.33. The van der Waals surface area contributed by atoms with Crippen molar-refractivity contribution < 1.29 is 4.39 Å². The Bertz CT molecular complexity index is 723. The average Bonchev–Trinajstić information content (AvgIpc) is 2.69. The lowest BCUT2D eigenvalue weighted by molar-refractivity contribution is 0.267. The van der Waals surface area contributed by atoms with Gasteiger partial charge in [-0.1, -0.05) is 0 Å². The lowest BCUT2D eigenvalue weighted by atomic mass is 9.92. The van der Waals surface area contributed by atoms with E-state index in [9.17, 15) is 4.39 Å². The van der Waals surface area contributed by atoms with Crippen LogP contribution in [0.4, 0.5) is 15.9 Å². The minimum atomic E-state index is -0.171. The SMILES string of the molecule is Fc1ccc(N2CCN(CCNc3nccc4c3CCCC4)CC2)cc1. The molecule has 1 saturated heterocycles. The second-order valence-corrected chi connectivity index (χ2v) is 7.24. The van der Waals surface area contributed by atoms with Crippen LogP contribution >= 0.6 is 0 Å². The highest BCUT2D eigenvalue weighted by Gasteiger charge is 2.18. The summed E-state index contributed by atoms with van der Waals surface area (Å²) >= 11 is 0. The molecule has 4 rings (SSSR count). The van der Waals surface area contributed by atoms with Crippen molar-refractivity contribution >= 4 is 11.5 Å². The summed E-state index contributed by atoms with van der Waals surface area (Å²) in [6.45, 7) is 6.02. The van der Waals surface area contributed by atoms with Crippen molar-refractivity contribution in [2.45, 2.75) is 25.7 Å². The van der Waals surface area contributed by atoms with Crippen molar-refractivity contribution in [3.8, 4) is 0 Å². The summed E-state index contributed by atoms with van der Waals surface area (Å²) in [5.74, 6) is 0.919. The number of pyridine rings is 1. The van der Waals surface area contributed by atoms with E-state index in [4.69, 9.17) is 0 Å². The van der Waals surface area contributed by atoms with Gasteiger partial charge in [0.1, 0.15) is 11.6 Å². The van der Waals surface area contributed by atoms with E-state index < -0.39 is 0 Å². The largest absolute Gasteiger partial charge is 0.369 e. The first-order chi connectivity index (χ1) is 12.8. The Labute approximate surface area is 155 Å². The van der Waals surface area contributed by atoms with Crippen molar-refractivity contribution in [1.82, 2.24) is 9.88 Å². The summed E-state index contributed by atoms with van der Waals surface area (Å²) in [7, 11) is 0. The summed E-state index contributed by atoms with van der Waals surface area (Å²) < 4.78 is 13.1. The van der Waals surface area contributed by atoms with Crippen LogP contribution in [0, 0.1) is 5.82 Å². The molecule has 5 heteroatoms. The third kappa shape index (κ3) is 3.98. The molecule has 2 aliphatic rings. The molecule has 26 heavy (non-hydrogen) atoms. The molecule has 1 N–H and O–H groups in total. The number of aromatic nitrogens is 1. The molecular formula is C21H27FN4. The zero-order valence-corrected chi connectivity index (χ0v) is 15.3. The van der Waals surface area contributed by atoms with Gasteiger partial charge in [0.05, 0.1) is 0 Å². The number of nitrogens with one attached hydrogen (secondary N) is 1. The van der Waals surface area contributed by atoms with Crippen LogP contribution in [-0.2, 0) is 12.8 Å². The summed E-state index contributed by atoms with van der Waals surface area (Å²) in [5, 5.41) is 3.56. The van der Waals surface area contributed by atoms with Crippen LogP contribution in [0.5, 0.6) is 0 Å². The number of fused-ring (bicyclic) bond motifs is 1. The molecule has 2 heterocycles. The molecule has 1 aliphatic heterocycles. The molecule has 0 unspecified atom stereocenters. The van der Waals surface area contributed by atoms with Crippen LogP contribution in [0.3, 0.4) is 0 Å². The monoisotopic (exact) mass is 354 g/mol. The molecule has 0 bridgehead atoms. The highest BCUT2D eigenvalue weighted by atomic mass is 19.1. The Morgan fingerprint density at radius 2 is 1.73 bits per heavy atom. The fourth-order valence-electron chi connectivity index (χ4n) is 4.03. The molecule has 4 nitrogen and oxygen atoms in total. The van der Waals surface area contributed by atoms with E-state index >= 15 is 0 Å². The molecular weight excluding hydrogens is 327 g/mol. The van der Waals surface area contributed by atoms with Crippen LogP contribution in [0.25, 0.3) is 0 Å². The minimum absolute atomic E-state index is 0.171.